The van der Waals surface area contributed by atoms with E-state index in [4.69, 9.17) is 4.74 Å². The standard InChI is InChI=1S/C16H25NO/c1-14(13-15-7-3-2-4-8-15)17-11-5-9-16-10-6-12-18-16/h2-4,7-8,14,16-17H,5-6,9-13H2,1H3. The van der Waals surface area contributed by atoms with Crippen LogP contribution in [0.15, 0.2) is 30.3 Å². The zero-order chi connectivity index (χ0) is 12.6. The van der Waals surface area contributed by atoms with Crippen molar-refractivity contribution in [1.82, 2.24) is 5.32 Å². The normalized spacial score (nSPS) is 21.1. The second kappa shape index (κ2) is 7.55. The van der Waals surface area contributed by atoms with Crippen molar-refractivity contribution in [3.63, 3.8) is 0 Å². The molecule has 1 aliphatic heterocycles. The van der Waals surface area contributed by atoms with Gasteiger partial charge in [0.2, 0.25) is 0 Å². The number of hydrogen-bond acceptors (Lipinski definition) is 2. The Labute approximate surface area is 111 Å². The van der Waals surface area contributed by atoms with Crippen LogP contribution in [0.25, 0.3) is 0 Å². The lowest BCUT2D eigenvalue weighted by atomic mass is 10.1. The smallest absolute Gasteiger partial charge is 0.0576 e. The second-order valence-corrected chi connectivity index (χ2v) is 5.32. The largest absolute Gasteiger partial charge is 0.378 e. The molecule has 2 heteroatoms. The van der Waals surface area contributed by atoms with Gasteiger partial charge in [-0.3, -0.25) is 0 Å². The van der Waals surface area contributed by atoms with E-state index in [1.165, 1.54) is 31.2 Å². The molecule has 0 spiro atoms. The molecule has 1 aliphatic rings. The second-order valence-electron chi connectivity index (χ2n) is 5.32. The molecule has 0 aromatic heterocycles. The summed E-state index contributed by atoms with van der Waals surface area (Å²) in [6.07, 6.45) is 6.61. The Balaban J connectivity index is 1.55. The van der Waals surface area contributed by atoms with E-state index in [0.29, 0.717) is 12.1 Å². The Morgan fingerprint density at radius 2 is 2.17 bits per heavy atom. The Kier molecular flexibility index (Phi) is 5.69. The van der Waals surface area contributed by atoms with Gasteiger partial charge in [-0.15, -0.1) is 0 Å². The summed E-state index contributed by atoms with van der Waals surface area (Å²) in [5.41, 5.74) is 1.41. The highest BCUT2D eigenvalue weighted by Crippen LogP contribution is 2.16. The van der Waals surface area contributed by atoms with E-state index in [9.17, 15) is 0 Å². The van der Waals surface area contributed by atoms with Crippen LogP contribution in [0.1, 0.15) is 38.2 Å². The van der Waals surface area contributed by atoms with E-state index >= 15 is 0 Å². The zero-order valence-corrected chi connectivity index (χ0v) is 11.4. The Morgan fingerprint density at radius 3 is 2.89 bits per heavy atom. The van der Waals surface area contributed by atoms with Crippen molar-refractivity contribution in [3.05, 3.63) is 35.9 Å². The van der Waals surface area contributed by atoms with Gasteiger partial charge in [-0.05, 0) is 51.1 Å². The molecule has 1 fully saturated rings. The van der Waals surface area contributed by atoms with Crippen LogP contribution in [0.2, 0.25) is 0 Å². The summed E-state index contributed by atoms with van der Waals surface area (Å²) in [6.45, 7) is 4.34. The van der Waals surface area contributed by atoms with E-state index in [1.807, 2.05) is 0 Å². The molecule has 0 radical (unpaired) electrons. The molecule has 2 rings (SSSR count). The molecule has 1 aromatic carbocycles. The molecule has 2 nitrogen and oxygen atoms in total. The number of rotatable bonds is 7. The Bertz CT molecular complexity index is 319. The van der Waals surface area contributed by atoms with Crippen molar-refractivity contribution in [2.45, 2.75) is 51.2 Å². The zero-order valence-electron chi connectivity index (χ0n) is 11.4. The SMILES string of the molecule is CC(Cc1ccccc1)NCCCC1CCCO1. The maximum atomic E-state index is 5.63. The molecule has 18 heavy (non-hydrogen) atoms. The van der Waals surface area contributed by atoms with Gasteiger partial charge in [-0.1, -0.05) is 30.3 Å². The van der Waals surface area contributed by atoms with Crippen molar-refractivity contribution < 1.29 is 4.74 Å². The van der Waals surface area contributed by atoms with Gasteiger partial charge in [0.05, 0.1) is 6.10 Å². The molecule has 1 aromatic rings. The Morgan fingerprint density at radius 1 is 1.33 bits per heavy atom. The lowest BCUT2D eigenvalue weighted by Gasteiger charge is -2.15. The average molecular weight is 247 g/mol. The molecule has 0 amide bonds. The average Bonchev–Trinajstić information content (AvgIpc) is 2.89. The molecular formula is C16H25NO. The minimum Gasteiger partial charge on any atom is -0.378 e. The van der Waals surface area contributed by atoms with Crippen molar-refractivity contribution in [3.8, 4) is 0 Å². The highest BCUT2D eigenvalue weighted by atomic mass is 16.5. The molecule has 0 aliphatic carbocycles. The summed E-state index contributed by atoms with van der Waals surface area (Å²) in [4.78, 5) is 0. The quantitative estimate of drug-likeness (QED) is 0.747. The van der Waals surface area contributed by atoms with Crippen LogP contribution in [-0.4, -0.2) is 25.3 Å². The molecule has 1 heterocycles. The maximum absolute atomic E-state index is 5.63. The molecule has 1 saturated heterocycles. The summed E-state index contributed by atoms with van der Waals surface area (Å²) in [5, 5.41) is 3.60. The molecule has 2 atom stereocenters. The number of hydrogen-bond donors (Lipinski definition) is 1. The van der Waals surface area contributed by atoms with E-state index in [0.717, 1.165) is 19.6 Å². The fourth-order valence-corrected chi connectivity index (χ4v) is 2.59. The summed E-state index contributed by atoms with van der Waals surface area (Å²) < 4.78 is 5.63. The molecule has 2 unspecified atom stereocenters. The number of nitrogens with one attached hydrogen (secondary N) is 1. The molecule has 0 saturated carbocycles. The first kappa shape index (κ1) is 13.6. The van der Waals surface area contributed by atoms with Crippen LogP contribution >= 0.6 is 0 Å². The summed E-state index contributed by atoms with van der Waals surface area (Å²) in [5.74, 6) is 0. The van der Waals surface area contributed by atoms with Crippen LogP contribution in [0.5, 0.6) is 0 Å². The van der Waals surface area contributed by atoms with Crippen LogP contribution in [0, 0.1) is 0 Å². The minimum atomic E-state index is 0.538. The molecular weight excluding hydrogens is 222 g/mol. The van der Waals surface area contributed by atoms with E-state index in [2.05, 4.69) is 42.6 Å². The van der Waals surface area contributed by atoms with E-state index in [-0.39, 0.29) is 0 Å². The van der Waals surface area contributed by atoms with Gasteiger partial charge in [0, 0.05) is 12.6 Å². The number of ether oxygens (including phenoxy) is 1. The molecule has 1 N–H and O–H groups in total. The van der Waals surface area contributed by atoms with Gasteiger partial charge in [0.15, 0.2) is 0 Å². The topological polar surface area (TPSA) is 21.3 Å². The van der Waals surface area contributed by atoms with Crippen molar-refractivity contribution in [2.75, 3.05) is 13.2 Å². The van der Waals surface area contributed by atoms with Crippen molar-refractivity contribution >= 4 is 0 Å². The highest BCUT2D eigenvalue weighted by Gasteiger charge is 2.14. The van der Waals surface area contributed by atoms with Gasteiger partial charge in [-0.2, -0.15) is 0 Å². The van der Waals surface area contributed by atoms with Crippen molar-refractivity contribution in [2.24, 2.45) is 0 Å². The van der Waals surface area contributed by atoms with Crippen LogP contribution in [0.3, 0.4) is 0 Å². The lowest BCUT2D eigenvalue weighted by molar-refractivity contribution is 0.102. The van der Waals surface area contributed by atoms with Crippen LogP contribution in [0.4, 0.5) is 0 Å². The number of benzene rings is 1. The first-order valence-corrected chi connectivity index (χ1v) is 7.23. The van der Waals surface area contributed by atoms with Gasteiger partial charge >= 0.3 is 0 Å². The summed E-state index contributed by atoms with van der Waals surface area (Å²) in [7, 11) is 0. The minimum absolute atomic E-state index is 0.538. The molecule has 100 valence electrons. The summed E-state index contributed by atoms with van der Waals surface area (Å²) in [6, 6.07) is 11.2. The fourth-order valence-electron chi connectivity index (χ4n) is 2.59. The van der Waals surface area contributed by atoms with Crippen LogP contribution in [-0.2, 0) is 11.2 Å². The first-order chi connectivity index (χ1) is 8.84. The van der Waals surface area contributed by atoms with E-state index in [1.54, 1.807) is 0 Å². The third kappa shape index (κ3) is 4.79. The third-order valence-electron chi connectivity index (χ3n) is 3.60. The predicted octanol–water partition coefficient (Wildman–Crippen LogP) is 3.17. The van der Waals surface area contributed by atoms with E-state index < -0.39 is 0 Å². The maximum Gasteiger partial charge on any atom is 0.0576 e. The Hall–Kier alpha value is -0.860. The highest BCUT2D eigenvalue weighted by molar-refractivity contribution is 5.15. The monoisotopic (exact) mass is 247 g/mol. The van der Waals surface area contributed by atoms with Crippen LogP contribution < -0.4 is 5.32 Å². The van der Waals surface area contributed by atoms with Gasteiger partial charge in [-0.25, -0.2) is 0 Å². The molecule has 0 bridgehead atoms. The first-order valence-electron chi connectivity index (χ1n) is 7.23. The van der Waals surface area contributed by atoms with Gasteiger partial charge < -0.3 is 10.1 Å². The van der Waals surface area contributed by atoms with Gasteiger partial charge in [0.25, 0.3) is 0 Å². The van der Waals surface area contributed by atoms with Gasteiger partial charge in [0.1, 0.15) is 0 Å². The predicted molar refractivity (Wildman–Crippen MR) is 75.8 cm³/mol. The van der Waals surface area contributed by atoms with Crippen molar-refractivity contribution in [1.29, 1.82) is 0 Å². The fraction of sp³-hybridized carbons (Fsp3) is 0.625. The third-order valence-corrected chi connectivity index (χ3v) is 3.60. The lowest BCUT2D eigenvalue weighted by Crippen LogP contribution is -2.29. The summed E-state index contributed by atoms with van der Waals surface area (Å²) >= 11 is 0.